The molecule has 30 heavy (non-hydrogen) atoms. The van der Waals surface area contributed by atoms with E-state index in [0.717, 1.165) is 37.1 Å². The van der Waals surface area contributed by atoms with Gasteiger partial charge in [0.05, 0.1) is 25.1 Å². The molecular weight excluding hydrogens is 388 g/mol. The maximum Gasteiger partial charge on any atom is 0.416 e. The van der Waals surface area contributed by atoms with Crippen molar-refractivity contribution >= 4 is 11.7 Å². The van der Waals surface area contributed by atoms with Gasteiger partial charge in [-0.05, 0) is 25.0 Å². The second-order valence-electron chi connectivity index (χ2n) is 7.22. The second kappa shape index (κ2) is 7.79. The quantitative estimate of drug-likeness (QED) is 0.679. The highest BCUT2D eigenvalue weighted by Gasteiger charge is 2.27. The largest absolute Gasteiger partial charge is 0.490 e. The lowest BCUT2D eigenvalue weighted by Crippen LogP contribution is -2.47. The maximum atomic E-state index is 12.6. The Morgan fingerprint density at radius 1 is 1.20 bits per heavy atom. The molecule has 0 radical (unpaired) electrons. The van der Waals surface area contributed by atoms with E-state index in [1.807, 2.05) is 12.1 Å². The predicted octanol–water partition coefficient (Wildman–Crippen LogP) is 1.75. The second-order valence-corrected chi connectivity index (χ2v) is 7.22. The van der Waals surface area contributed by atoms with Gasteiger partial charge >= 0.3 is 6.09 Å². The third-order valence-corrected chi connectivity index (χ3v) is 5.07. The lowest BCUT2D eigenvalue weighted by atomic mass is 10.1. The van der Waals surface area contributed by atoms with Gasteiger partial charge in [0.2, 0.25) is 5.88 Å². The van der Waals surface area contributed by atoms with E-state index in [4.69, 9.17) is 14.2 Å². The van der Waals surface area contributed by atoms with Crippen molar-refractivity contribution in [3.8, 4) is 28.6 Å². The van der Waals surface area contributed by atoms with Crippen molar-refractivity contribution in [2.75, 3.05) is 33.3 Å². The fraction of sp³-hybridized carbons (Fsp3) is 0.400. The highest BCUT2D eigenvalue weighted by Crippen LogP contribution is 2.36. The molecule has 10 heteroatoms. The lowest BCUT2D eigenvalue weighted by Gasteiger charge is -2.26. The summed E-state index contributed by atoms with van der Waals surface area (Å²) in [6, 6.07) is 3.76. The summed E-state index contributed by atoms with van der Waals surface area (Å²) >= 11 is 0. The number of ether oxygens (including phenoxy) is 3. The fourth-order valence-corrected chi connectivity index (χ4v) is 3.31. The first-order valence-electron chi connectivity index (χ1n) is 9.95. The summed E-state index contributed by atoms with van der Waals surface area (Å²) < 4.78 is 18.5. The van der Waals surface area contributed by atoms with Crippen molar-refractivity contribution in [2.45, 2.75) is 18.9 Å². The number of aromatic nitrogens is 4. The molecular formula is C20H22N6O4. The maximum absolute atomic E-state index is 12.6. The molecule has 0 bridgehead atoms. The van der Waals surface area contributed by atoms with Crippen LogP contribution in [0.3, 0.4) is 0 Å². The van der Waals surface area contributed by atoms with Gasteiger partial charge in [-0.3, -0.25) is 0 Å². The van der Waals surface area contributed by atoms with Gasteiger partial charge in [0.25, 0.3) is 5.88 Å². The fourth-order valence-electron chi connectivity index (χ4n) is 3.31. The molecule has 0 atom stereocenters. The standard InChI is InChI=1S/C20H22N6O4/c1-28-16-12-26-17(24-19(16)30-20(27)25-9-7-21-8-10-25)15(11-23-26)14-3-2-6-22-18(14)29-13-4-5-13/h2-3,6,11-13,21H,4-5,7-10H2,1H3. The minimum Gasteiger partial charge on any atom is -0.490 e. The van der Waals surface area contributed by atoms with Gasteiger partial charge in [-0.2, -0.15) is 10.1 Å². The molecule has 0 unspecified atom stereocenters. The summed E-state index contributed by atoms with van der Waals surface area (Å²) in [5.41, 5.74) is 2.05. The monoisotopic (exact) mass is 410 g/mol. The van der Waals surface area contributed by atoms with Crippen LogP contribution in [0.1, 0.15) is 12.8 Å². The molecule has 4 heterocycles. The number of amides is 1. The van der Waals surface area contributed by atoms with Crippen LogP contribution >= 0.6 is 0 Å². The van der Waals surface area contributed by atoms with Crippen LogP contribution in [-0.2, 0) is 0 Å². The summed E-state index contributed by atoms with van der Waals surface area (Å²) in [5.74, 6) is 0.969. The van der Waals surface area contributed by atoms with Crippen LogP contribution in [0.2, 0.25) is 0 Å². The van der Waals surface area contributed by atoms with Gasteiger partial charge in [0.15, 0.2) is 11.4 Å². The zero-order valence-corrected chi connectivity index (χ0v) is 16.6. The van der Waals surface area contributed by atoms with Crippen LogP contribution in [0.4, 0.5) is 4.79 Å². The third kappa shape index (κ3) is 3.61. The summed E-state index contributed by atoms with van der Waals surface area (Å²) in [4.78, 5) is 23.2. The van der Waals surface area contributed by atoms with E-state index < -0.39 is 6.09 Å². The van der Waals surface area contributed by atoms with Crippen molar-refractivity contribution in [1.82, 2.24) is 29.8 Å². The van der Waals surface area contributed by atoms with Gasteiger partial charge in [0, 0.05) is 37.9 Å². The minimum atomic E-state index is -0.452. The predicted molar refractivity (Wildman–Crippen MR) is 107 cm³/mol. The average molecular weight is 410 g/mol. The summed E-state index contributed by atoms with van der Waals surface area (Å²) in [6.45, 7) is 2.63. The van der Waals surface area contributed by atoms with Crippen LogP contribution in [0.5, 0.6) is 17.5 Å². The van der Waals surface area contributed by atoms with Crippen molar-refractivity contribution in [1.29, 1.82) is 0 Å². The van der Waals surface area contributed by atoms with Gasteiger partial charge in [-0.15, -0.1) is 0 Å². The number of rotatable bonds is 5. The molecule has 10 nitrogen and oxygen atoms in total. The number of hydrogen-bond donors (Lipinski definition) is 1. The Bertz CT molecular complexity index is 1070. The van der Waals surface area contributed by atoms with E-state index >= 15 is 0 Å². The molecule has 5 rings (SSSR count). The highest BCUT2D eigenvalue weighted by molar-refractivity contribution is 5.81. The first-order valence-corrected chi connectivity index (χ1v) is 9.95. The van der Waals surface area contributed by atoms with Crippen molar-refractivity contribution in [3.63, 3.8) is 0 Å². The summed E-state index contributed by atoms with van der Waals surface area (Å²) in [5, 5.41) is 7.59. The van der Waals surface area contributed by atoms with Gasteiger partial charge in [-0.25, -0.2) is 14.3 Å². The average Bonchev–Trinajstić information content (AvgIpc) is 3.51. The van der Waals surface area contributed by atoms with E-state index in [2.05, 4.69) is 20.4 Å². The third-order valence-electron chi connectivity index (χ3n) is 5.07. The van der Waals surface area contributed by atoms with E-state index in [0.29, 0.717) is 30.4 Å². The first kappa shape index (κ1) is 18.6. The van der Waals surface area contributed by atoms with E-state index in [1.165, 1.54) is 7.11 Å². The molecule has 0 aromatic carbocycles. The number of carbonyl (C=O) groups is 1. The molecule has 1 N–H and O–H groups in total. The van der Waals surface area contributed by atoms with Gasteiger partial charge in [-0.1, -0.05) is 0 Å². The Morgan fingerprint density at radius 2 is 2.03 bits per heavy atom. The number of methoxy groups -OCH3 is 1. The number of nitrogens with one attached hydrogen (secondary N) is 1. The number of piperazine rings is 1. The molecule has 3 aromatic rings. The minimum absolute atomic E-state index is 0.101. The summed E-state index contributed by atoms with van der Waals surface area (Å²) in [6.07, 6.45) is 6.86. The van der Waals surface area contributed by atoms with Gasteiger partial charge < -0.3 is 24.4 Å². The molecule has 156 valence electrons. The number of fused-ring (bicyclic) bond motifs is 1. The lowest BCUT2D eigenvalue weighted by molar-refractivity contribution is 0.142. The van der Waals surface area contributed by atoms with Crippen LogP contribution in [-0.4, -0.2) is 70.0 Å². The van der Waals surface area contributed by atoms with Crippen LogP contribution in [0.15, 0.2) is 30.7 Å². The number of pyridine rings is 1. The zero-order chi connectivity index (χ0) is 20.5. The van der Waals surface area contributed by atoms with Crippen molar-refractivity contribution in [3.05, 3.63) is 30.7 Å². The smallest absolute Gasteiger partial charge is 0.416 e. The number of carbonyl (C=O) groups excluding carboxylic acids is 1. The Labute approximate surface area is 172 Å². The molecule has 2 fully saturated rings. The number of nitrogens with zero attached hydrogens (tertiary/aromatic N) is 5. The molecule has 3 aromatic heterocycles. The Balaban J connectivity index is 1.51. The van der Waals surface area contributed by atoms with Crippen molar-refractivity contribution < 1.29 is 19.0 Å². The molecule has 1 aliphatic heterocycles. The van der Waals surface area contributed by atoms with Crippen LogP contribution in [0.25, 0.3) is 16.8 Å². The SMILES string of the molecule is COc1cn2ncc(-c3cccnc3OC3CC3)c2nc1OC(=O)N1CCNCC1. The molecule has 1 aliphatic carbocycles. The molecule has 2 aliphatic rings. The highest BCUT2D eigenvalue weighted by atomic mass is 16.6. The Kier molecular flexibility index (Phi) is 4.83. The topological polar surface area (TPSA) is 103 Å². The van der Waals surface area contributed by atoms with E-state index in [9.17, 15) is 4.79 Å². The van der Waals surface area contributed by atoms with Crippen LogP contribution in [0, 0.1) is 0 Å². The van der Waals surface area contributed by atoms with Crippen LogP contribution < -0.4 is 19.5 Å². The normalized spacial score (nSPS) is 16.5. The van der Waals surface area contributed by atoms with E-state index in [1.54, 1.807) is 28.0 Å². The Hall–Kier alpha value is -3.40. The van der Waals surface area contributed by atoms with E-state index in [-0.39, 0.29) is 12.0 Å². The number of hydrogen-bond acceptors (Lipinski definition) is 8. The molecule has 1 saturated heterocycles. The summed E-state index contributed by atoms with van der Waals surface area (Å²) in [7, 11) is 1.50. The molecule has 1 saturated carbocycles. The first-order chi connectivity index (χ1) is 14.7. The zero-order valence-electron chi connectivity index (χ0n) is 16.6. The molecule has 1 amide bonds. The molecule has 0 spiro atoms. The van der Waals surface area contributed by atoms with Crippen molar-refractivity contribution in [2.24, 2.45) is 0 Å². The Morgan fingerprint density at radius 3 is 2.80 bits per heavy atom. The van der Waals surface area contributed by atoms with Gasteiger partial charge in [0.1, 0.15) is 6.10 Å².